The Morgan fingerprint density at radius 2 is 2.00 bits per heavy atom. The number of nitrogens with zero attached hydrogens (tertiary/aromatic N) is 2. The molecule has 5 nitrogen and oxygen atoms in total. The minimum atomic E-state index is -3.45. The van der Waals surface area contributed by atoms with Gasteiger partial charge < -0.3 is 0 Å². The maximum Gasteiger partial charge on any atom is 0.240 e. The first-order valence-corrected chi connectivity index (χ1v) is 7.11. The Morgan fingerprint density at radius 3 is 2.61 bits per heavy atom. The summed E-state index contributed by atoms with van der Waals surface area (Å²) in [6, 6.07) is 9.91. The molecule has 0 fully saturated rings. The van der Waals surface area contributed by atoms with E-state index in [0.29, 0.717) is 6.54 Å². The van der Waals surface area contributed by atoms with E-state index in [4.69, 9.17) is 0 Å². The molecule has 0 saturated carbocycles. The van der Waals surface area contributed by atoms with Gasteiger partial charge in [0, 0.05) is 18.4 Å². The first-order valence-electron chi connectivity index (χ1n) is 5.63. The van der Waals surface area contributed by atoms with Crippen LogP contribution in [-0.4, -0.2) is 24.2 Å². The second kappa shape index (κ2) is 5.32. The van der Waals surface area contributed by atoms with Crippen molar-refractivity contribution in [1.82, 2.24) is 14.5 Å². The van der Waals surface area contributed by atoms with Crippen LogP contribution in [-0.2, 0) is 16.6 Å². The van der Waals surface area contributed by atoms with E-state index < -0.39 is 10.0 Å². The van der Waals surface area contributed by atoms with E-state index in [9.17, 15) is 8.42 Å². The predicted molar refractivity (Wildman–Crippen MR) is 68.5 cm³/mol. The molecule has 0 radical (unpaired) electrons. The summed E-state index contributed by atoms with van der Waals surface area (Å²) in [7, 11) is -3.45. The minimum absolute atomic E-state index is 0.227. The average molecular weight is 265 g/mol. The van der Waals surface area contributed by atoms with Gasteiger partial charge in [-0.2, -0.15) is 5.10 Å². The number of sulfonamides is 1. The molecule has 2 rings (SSSR count). The summed E-state index contributed by atoms with van der Waals surface area (Å²) in [6.45, 7) is 2.31. The fourth-order valence-corrected chi connectivity index (χ4v) is 2.91. The molecule has 0 saturated heterocycles. The summed E-state index contributed by atoms with van der Waals surface area (Å²) in [4.78, 5) is 0.275. The summed E-state index contributed by atoms with van der Waals surface area (Å²) in [5, 5.41) is 4.04. The van der Waals surface area contributed by atoms with Crippen molar-refractivity contribution in [3.8, 4) is 0 Å². The topological polar surface area (TPSA) is 64.0 Å². The lowest BCUT2D eigenvalue weighted by atomic mass is 10.4. The lowest BCUT2D eigenvalue weighted by Gasteiger charge is -2.14. The highest BCUT2D eigenvalue weighted by Crippen LogP contribution is 2.08. The van der Waals surface area contributed by atoms with Gasteiger partial charge in [0.15, 0.2) is 0 Å². The first-order chi connectivity index (χ1) is 8.58. The number of nitrogens with one attached hydrogen (secondary N) is 1. The van der Waals surface area contributed by atoms with Crippen LogP contribution in [0.2, 0.25) is 0 Å². The number of rotatable bonds is 5. The van der Waals surface area contributed by atoms with E-state index in [2.05, 4.69) is 9.82 Å². The highest BCUT2D eigenvalue weighted by molar-refractivity contribution is 7.89. The second-order valence-electron chi connectivity index (χ2n) is 4.06. The zero-order valence-electron chi connectivity index (χ0n) is 10.0. The summed E-state index contributed by atoms with van der Waals surface area (Å²) >= 11 is 0. The van der Waals surface area contributed by atoms with Crippen molar-refractivity contribution >= 4 is 10.0 Å². The van der Waals surface area contributed by atoms with Crippen LogP contribution in [0.5, 0.6) is 0 Å². The van der Waals surface area contributed by atoms with Gasteiger partial charge in [0.1, 0.15) is 0 Å². The number of hydrogen-bond acceptors (Lipinski definition) is 3. The van der Waals surface area contributed by atoms with Crippen molar-refractivity contribution < 1.29 is 8.42 Å². The smallest absolute Gasteiger partial charge is 0.240 e. The standard InChI is InChI=1S/C12H15N3O2S/c1-11(10-15-9-5-8-13-15)14-18(16,17)12-6-3-2-4-7-12/h2-9,11,14H,10H2,1H3/t11-/m0/s1. The van der Waals surface area contributed by atoms with Crippen LogP contribution in [0.1, 0.15) is 6.92 Å². The number of benzene rings is 1. The maximum absolute atomic E-state index is 12.0. The monoisotopic (exact) mass is 265 g/mol. The van der Waals surface area contributed by atoms with Gasteiger partial charge in [-0.3, -0.25) is 4.68 Å². The van der Waals surface area contributed by atoms with Crippen molar-refractivity contribution in [2.75, 3.05) is 0 Å². The summed E-state index contributed by atoms with van der Waals surface area (Å²) in [5.41, 5.74) is 0. The fraction of sp³-hybridized carbons (Fsp3) is 0.250. The summed E-state index contributed by atoms with van der Waals surface area (Å²) in [6.07, 6.45) is 3.46. The van der Waals surface area contributed by atoms with Gasteiger partial charge in [-0.15, -0.1) is 0 Å². The van der Waals surface area contributed by atoms with Crippen molar-refractivity contribution in [1.29, 1.82) is 0 Å². The van der Waals surface area contributed by atoms with Crippen LogP contribution in [0.3, 0.4) is 0 Å². The van der Waals surface area contributed by atoms with E-state index in [1.54, 1.807) is 53.5 Å². The third kappa shape index (κ3) is 3.18. The number of aromatic nitrogens is 2. The van der Waals surface area contributed by atoms with Crippen LogP contribution in [0, 0.1) is 0 Å². The van der Waals surface area contributed by atoms with E-state index in [1.807, 2.05) is 6.92 Å². The molecule has 0 aliphatic carbocycles. The lowest BCUT2D eigenvalue weighted by molar-refractivity contribution is 0.494. The third-order valence-electron chi connectivity index (χ3n) is 2.43. The SMILES string of the molecule is C[C@@H](Cn1cccn1)NS(=O)(=O)c1ccccc1. The highest BCUT2D eigenvalue weighted by Gasteiger charge is 2.16. The van der Waals surface area contributed by atoms with Gasteiger partial charge >= 0.3 is 0 Å². The molecule has 0 unspecified atom stereocenters. The molecule has 0 bridgehead atoms. The predicted octanol–water partition coefficient (Wildman–Crippen LogP) is 1.25. The Kier molecular flexibility index (Phi) is 3.78. The van der Waals surface area contributed by atoms with Gasteiger partial charge in [0.25, 0.3) is 0 Å². The molecule has 18 heavy (non-hydrogen) atoms. The van der Waals surface area contributed by atoms with E-state index in [0.717, 1.165) is 0 Å². The van der Waals surface area contributed by atoms with Crippen molar-refractivity contribution in [3.05, 3.63) is 48.8 Å². The molecule has 0 spiro atoms. The van der Waals surface area contributed by atoms with E-state index in [1.165, 1.54) is 0 Å². The quantitative estimate of drug-likeness (QED) is 0.885. The minimum Gasteiger partial charge on any atom is -0.271 e. The van der Waals surface area contributed by atoms with Gasteiger partial charge in [-0.05, 0) is 25.1 Å². The Morgan fingerprint density at radius 1 is 1.28 bits per heavy atom. The molecule has 1 aromatic heterocycles. The van der Waals surface area contributed by atoms with Gasteiger partial charge in [0.05, 0.1) is 11.4 Å². The molecule has 2 aromatic rings. The van der Waals surface area contributed by atoms with Crippen molar-refractivity contribution in [2.24, 2.45) is 0 Å². The van der Waals surface area contributed by atoms with Gasteiger partial charge in [-0.1, -0.05) is 18.2 Å². The Bertz CT molecular complexity index is 579. The van der Waals surface area contributed by atoms with Crippen LogP contribution in [0.4, 0.5) is 0 Å². The number of hydrogen-bond donors (Lipinski definition) is 1. The van der Waals surface area contributed by atoms with E-state index in [-0.39, 0.29) is 10.9 Å². The van der Waals surface area contributed by atoms with Crippen molar-refractivity contribution in [2.45, 2.75) is 24.4 Å². The Labute approximate surface area is 107 Å². The average Bonchev–Trinajstić information content (AvgIpc) is 2.82. The van der Waals surface area contributed by atoms with Gasteiger partial charge in [-0.25, -0.2) is 13.1 Å². The third-order valence-corrected chi connectivity index (χ3v) is 4.04. The largest absolute Gasteiger partial charge is 0.271 e. The molecule has 96 valence electrons. The summed E-state index contributed by atoms with van der Waals surface area (Å²) in [5.74, 6) is 0. The molecular weight excluding hydrogens is 250 g/mol. The molecule has 6 heteroatoms. The van der Waals surface area contributed by atoms with Crippen LogP contribution in [0.15, 0.2) is 53.7 Å². The summed E-state index contributed by atoms with van der Waals surface area (Å²) < 4.78 is 28.4. The Hall–Kier alpha value is -1.66. The van der Waals surface area contributed by atoms with Crippen LogP contribution < -0.4 is 4.72 Å². The van der Waals surface area contributed by atoms with Crippen LogP contribution >= 0.6 is 0 Å². The maximum atomic E-state index is 12.0. The zero-order valence-corrected chi connectivity index (χ0v) is 10.8. The molecule has 0 amide bonds. The van der Waals surface area contributed by atoms with E-state index >= 15 is 0 Å². The molecule has 0 aliphatic heterocycles. The fourth-order valence-electron chi connectivity index (χ4n) is 1.66. The normalized spacial score (nSPS) is 13.4. The molecule has 0 aliphatic rings. The van der Waals surface area contributed by atoms with Crippen LogP contribution in [0.25, 0.3) is 0 Å². The molecule has 1 aromatic carbocycles. The molecular formula is C12H15N3O2S. The first kappa shape index (κ1) is 12.8. The molecule has 1 heterocycles. The second-order valence-corrected chi connectivity index (χ2v) is 5.78. The lowest BCUT2D eigenvalue weighted by Crippen LogP contribution is -2.35. The van der Waals surface area contributed by atoms with Crippen molar-refractivity contribution in [3.63, 3.8) is 0 Å². The molecule has 1 atom stereocenters. The Balaban J connectivity index is 2.05. The highest BCUT2D eigenvalue weighted by atomic mass is 32.2. The molecule has 1 N–H and O–H groups in total. The van der Waals surface area contributed by atoms with Gasteiger partial charge in [0.2, 0.25) is 10.0 Å². The zero-order chi connectivity index (χ0) is 13.0.